The minimum Gasteiger partial charge on any atom is -0.490 e. The van der Waals surface area contributed by atoms with Gasteiger partial charge < -0.3 is 29.8 Å². The van der Waals surface area contributed by atoms with Crippen LogP contribution in [0, 0.1) is 11.3 Å². The van der Waals surface area contributed by atoms with Crippen LogP contribution in [0.3, 0.4) is 0 Å². The van der Waals surface area contributed by atoms with Crippen LogP contribution in [0.15, 0.2) is 72.4 Å². The number of alkyl carbamates (subject to hydrolysis) is 1. The lowest BCUT2D eigenvalue weighted by molar-refractivity contribution is -0.143. The summed E-state index contributed by atoms with van der Waals surface area (Å²) < 4.78 is 39.0. The lowest BCUT2D eigenvalue weighted by atomic mass is 9.85. The van der Waals surface area contributed by atoms with Crippen LogP contribution in [0.25, 0.3) is 11.1 Å². The molecule has 2 aliphatic heterocycles. The summed E-state index contributed by atoms with van der Waals surface area (Å²) in [5.41, 5.74) is 1.76. The Morgan fingerprint density at radius 1 is 1.04 bits per heavy atom. The topological polar surface area (TPSA) is 182 Å². The molecule has 2 aromatic rings. The molecule has 4 amide bonds. The second kappa shape index (κ2) is 14.2. The summed E-state index contributed by atoms with van der Waals surface area (Å²) in [7, 11) is -3.90. The Kier molecular flexibility index (Phi) is 9.79. The van der Waals surface area contributed by atoms with Gasteiger partial charge in [0.1, 0.15) is 41.8 Å². The van der Waals surface area contributed by atoms with Gasteiger partial charge in [-0.3, -0.25) is 19.1 Å². The van der Waals surface area contributed by atoms with Crippen molar-refractivity contribution in [2.24, 2.45) is 16.5 Å². The van der Waals surface area contributed by atoms with Crippen LogP contribution in [0.1, 0.15) is 64.0 Å². The molecule has 0 radical (unpaired) electrons. The molecule has 5 atom stereocenters. The Labute approximate surface area is 314 Å². The summed E-state index contributed by atoms with van der Waals surface area (Å²) >= 11 is 0. The molecule has 15 heteroatoms. The van der Waals surface area contributed by atoms with Gasteiger partial charge in [-0.1, -0.05) is 68.4 Å². The molecule has 2 heterocycles. The highest BCUT2D eigenvalue weighted by atomic mass is 32.2. The number of carbonyl (C=O) groups excluding carboxylic acids is 4. The summed E-state index contributed by atoms with van der Waals surface area (Å²) in [5, 5.41) is 9.47. The molecule has 0 spiro atoms. The molecule has 3 fully saturated rings. The molecule has 2 saturated carbocycles. The van der Waals surface area contributed by atoms with Gasteiger partial charge in [0.05, 0.1) is 18.4 Å². The third-order valence-electron chi connectivity index (χ3n) is 10.5. The predicted octanol–water partition coefficient (Wildman–Crippen LogP) is 3.55. The van der Waals surface area contributed by atoms with Gasteiger partial charge in [-0.2, -0.15) is 0 Å². The Balaban J connectivity index is 1.22. The Bertz CT molecular complexity index is 2050. The Morgan fingerprint density at radius 2 is 1.78 bits per heavy atom. The molecule has 3 aliphatic carbocycles. The first-order valence-electron chi connectivity index (χ1n) is 18.2. The second-order valence-electron chi connectivity index (χ2n) is 15.5. The second-order valence-corrected chi connectivity index (χ2v) is 17.5. The highest BCUT2D eigenvalue weighted by molar-refractivity contribution is 7.91. The van der Waals surface area contributed by atoms with Crippen molar-refractivity contribution in [2.75, 3.05) is 19.8 Å². The number of nitrogens with zero attached hydrogens (tertiary/aromatic N) is 2. The maximum Gasteiger partial charge on any atom is 0.407 e. The fourth-order valence-electron chi connectivity index (χ4n) is 7.25. The van der Waals surface area contributed by atoms with Crippen LogP contribution >= 0.6 is 0 Å². The van der Waals surface area contributed by atoms with Crippen LogP contribution in [-0.2, 0) is 34.0 Å². The normalized spacial score (nSPS) is 28.4. The molecular formula is C39H45N5O9S. The van der Waals surface area contributed by atoms with E-state index in [-0.39, 0.29) is 32.6 Å². The summed E-state index contributed by atoms with van der Waals surface area (Å²) in [6.45, 7) is 9.39. The number of amides is 4. The van der Waals surface area contributed by atoms with Gasteiger partial charge in [0.25, 0.3) is 5.91 Å². The minimum absolute atomic E-state index is 0.00415. The van der Waals surface area contributed by atoms with Gasteiger partial charge in [-0.25, -0.2) is 13.2 Å². The van der Waals surface area contributed by atoms with E-state index in [0.717, 1.165) is 22.3 Å². The molecule has 14 nitrogen and oxygen atoms in total. The van der Waals surface area contributed by atoms with Gasteiger partial charge >= 0.3 is 6.09 Å². The highest BCUT2D eigenvalue weighted by Crippen LogP contribution is 2.46. The van der Waals surface area contributed by atoms with E-state index in [1.807, 2.05) is 54.6 Å². The van der Waals surface area contributed by atoms with Gasteiger partial charge in [0, 0.05) is 23.5 Å². The van der Waals surface area contributed by atoms with E-state index in [4.69, 9.17) is 14.3 Å². The van der Waals surface area contributed by atoms with E-state index in [0.29, 0.717) is 30.7 Å². The number of rotatable bonds is 6. The van der Waals surface area contributed by atoms with E-state index < -0.39 is 74.1 Å². The van der Waals surface area contributed by atoms with Gasteiger partial charge in [0.15, 0.2) is 0 Å². The molecule has 5 aliphatic rings. The summed E-state index contributed by atoms with van der Waals surface area (Å²) in [5.74, 6) is -1.99. The van der Waals surface area contributed by atoms with Crippen LogP contribution in [-0.4, -0.2) is 91.6 Å². The van der Waals surface area contributed by atoms with Crippen LogP contribution in [0.4, 0.5) is 4.79 Å². The largest absolute Gasteiger partial charge is 0.490 e. The molecule has 3 unspecified atom stereocenters. The molecule has 1 saturated heterocycles. The van der Waals surface area contributed by atoms with Crippen molar-refractivity contribution in [3.05, 3.63) is 78.4 Å². The van der Waals surface area contributed by atoms with Crippen molar-refractivity contribution >= 4 is 39.5 Å². The average molecular weight is 760 g/mol. The Hall–Kier alpha value is -5.18. The molecule has 2 aromatic carbocycles. The first kappa shape index (κ1) is 37.1. The number of cyclic esters (lactones) is 1. The number of carbonyl (C=O) groups is 4. The minimum atomic E-state index is -3.90. The van der Waals surface area contributed by atoms with Crippen molar-refractivity contribution in [3.63, 3.8) is 0 Å². The lowest BCUT2D eigenvalue weighted by Gasteiger charge is -2.35. The molecule has 286 valence electrons. The lowest BCUT2D eigenvalue weighted by Crippen LogP contribution is -2.60. The predicted molar refractivity (Wildman–Crippen MR) is 199 cm³/mol. The first-order valence-corrected chi connectivity index (χ1v) is 19.8. The van der Waals surface area contributed by atoms with Crippen molar-refractivity contribution in [1.82, 2.24) is 20.3 Å². The number of nitrogens with one attached hydrogen (secondary N) is 3. The van der Waals surface area contributed by atoms with Crippen molar-refractivity contribution in [2.45, 2.75) is 81.9 Å². The summed E-state index contributed by atoms with van der Waals surface area (Å²) in [6.07, 6.45) is 5.05. The molecule has 0 aromatic heterocycles. The van der Waals surface area contributed by atoms with Crippen LogP contribution < -0.4 is 20.1 Å². The maximum atomic E-state index is 14.5. The third-order valence-corrected chi connectivity index (χ3v) is 12.3. The zero-order valence-electron chi connectivity index (χ0n) is 30.5. The highest BCUT2D eigenvalue weighted by Gasteiger charge is 2.62. The smallest absolute Gasteiger partial charge is 0.407 e. The maximum absolute atomic E-state index is 14.5. The van der Waals surface area contributed by atoms with Crippen molar-refractivity contribution in [3.8, 4) is 16.9 Å². The SMILES string of the molecule is C=C[C@@H]1CC1(NC(=O)C1CC2CN1C(=O)[C@H](C(C)(C)C)NC(=O)OCC/C=C/COc1ccc3c(c1)/C(=N/O2)c1ccccc1-3)C(=O)NS(=O)(=O)C1CC1. The van der Waals surface area contributed by atoms with Crippen molar-refractivity contribution < 1.29 is 41.9 Å². The van der Waals surface area contributed by atoms with Gasteiger partial charge in [-0.15, -0.1) is 6.58 Å². The molecule has 4 bridgehead atoms. The number of ether oxygens (including phenoxy) is 2. The fourth-order valence-corrected chi connectivity index (χ4v) is 8.61. The van der Waals surface area contributed by atoms with E-state index >= 15 is 0 Å². The first-order chi connectivity index (χ1) is 25.7. The number of oxime groups is 1. The van der Waals surface area contributed by atoms with E-state index in [1.165, 1.54) is 11.0 Å². The molecular weight excluding hydrogens is 715 g/mol. The van der Waals surface area contributed by atoms with E-state index in [9.17, 15) is 27.6 Å². The number of benzene rings is 2. The molecule has 3 N–H and O–H groups in total. The zero-order chi connectivity index (χ0) is 38.4. The van der Waals surface area contributed by atoms with Crippen LogP contribution in [0.5, 0.6) is 5.75 Å². The van der Waals surface area contributed by atoms with Crippen molar-refractivity contribution in [1.29, 1.82) is 0 Å². The number of fused-ring (bicyclic) bond motifs is 6. The summed E-state index contributed by atoms with van der Waals surface area (Å²) in [4.78, 5) is 62.8. The standard InChI is InChI=1S/C39H45N5O9S/c1-5-23-21-39(23,36(47)43-54(49,50)26-14-15-26)41-34(45)31-20-25-22-44(31)35(46)33(38(2,3)4)40-37(48)52-18-10-6-9-17-51-24-13-16-28-27-11-7-8-12-29(27)32(42-53-25)30(28)19-24/h5-9,11-13,16,19,23,25-26,31,33H,1,10,14-15,17-18,20-22H2,2-4H3,(H,40,48)(H,41,45)(H,43,47)/b9-6+,42-32+/t23-,25?,31?,33-,39?/m1/s1. The number of hydrogen-bond acceptors (Lipinski definition) is 10. The quantitative estimate of drug-likeness (QED) is 0.317. The average Bonchev–Trinajstić information content (AvgIpc) is 4.04. The zero-order valence-corrected chi connectivity index (χ0v) is 31.3. The van der Waals surface area contributed by atoms with Gasteiger partial charge in [-0.05, 0) is 60.4 Å². The monoisotopic (exact) mass is 759 g/mol. The number of sulfonamides is 1. The molecule has 54 heavy (non-hydrogen) atoms. The summed E-state index contributed by atoms with van der Waals surface area (Å²) in [6, 6.07) is 11.3. The number of hydrogen-bond donors (Lipinski definition) is 3. The van der Waals surface area contributed by atoms with E-state index in [1.54, 1.807) is 20.8 Å². The van der Waals surface area contributed by atoms with Gasteiger partial charge in [0.2, 0.25) is 21.8 Å². The van der Waals surface area contributed by atoms with Crippen LogP contribution in [0.2, 0.25) is 0 Å². The molecule has 7 rings (SSSR count). The third kappa shape index (κ3) is 7.33. The Morgan fingerprint density at radius 3 is 2.48 bits per heavy atom. The fraction of sp³-hybridized carbons (Fsp3) is 0.462. The van der Waals surface area contributed by atoms with E-state index in [2.05, 4.69) is 27.1 Å².